The summed E-state index contributed by atoms with van der Waals surface area (Å²) in [5, 5.41) is 11.0. The highest BCUT2D eigenvalue weighted by molar-refractivity contribution is 5.81. The van der Waals surface area contributed by atoms with E-state index in [1.54, 1.807) is 24.3 Å². The van der Waals surface area contributed by atoms with Gasteiger partial charge < -0.3 is 5.21 Å². The van der Waals surface area contributed by atoms with Crippen molar-refractivity contribution in [2.75, 3.05) is 0 Å². The van der Waals surface area contributed by atoms with Crippen LogP contribution in [0.4, 0.5) is 4.39 Å². The van der Waals surface area contributed by atoms with Crippen LogP contribution in [0.2, 0.25) is 0 Å². The van der Waals surface area contributed by atoms with Gasteiger partial charge in [0, 0.05) is 5.56 Å². The van der Waals surface area contributed by atoms with E-state index < -0.39 is 6.67 Å². The van der Waals surface area contributed by atoms with E-state index in [0.29, 0.717) is 11.1 Å². The maximum absolute atomic E-state index is 12.2. The number of halogens is 1. The molecule has 0 atom stereocenters. The van der Waals surface area contributed by atoms with Gasteiger partial charge in [-0.2, -0.15) is 0 Å². The average Bonchev–Trinajstić information content (AvgIpc) is 2.06. The van der Waals surface area contributed by atoms with Crippen LogP contribution in [0.1, 0.15) is 11.1 Å². The van der Waals surface area contributed by atoms with Crippen molar-refractivity contribution < 1.29 is 9.60 Å². The predicted molar refractivity (Wildman–Crippen MR) is 40.6 cm³/mol. The van der Waals surface area contributed by atoms with Gasteiger partial charge in [-0.3, -0.25) is 0 Å². The molecule has 0 fully saturated rings. The van der Waals surface area contributed by atoms with Crippen molar-refractivity contribution in [3.63, 3.8) is 0 Å². The smallest absolute Gasteiger partial charge is 0.115 e. The second kappa shape index (κ2) is 3.71. The van der Waals surface area contributed by atoms with Crippen molar-refractivity contribution in [1.29, 1.82) is 0 Å². The van der Waals surface area contributed by atoms with Crippen molar-refractivity contribution in [2.24, 2.45) is 5.16 Å². The van der Waals surface area contributed by atoms with Crippen LogP contribution in [-0.2, 0) is 6.67 Å². The molecule has 2 nitrogen and oxygen atoms in total. The van der Waals surface area contributed by atoms with E-state index in [0.717, 1.165) is 0 Å². The van der Waals surface area contributed by atoms with E-state index in [1.807, 2.05) is 0 Å². The third kappa shape index (κ3) is 1.77. The third-order valence-electron chi connectivity index (χ3n) is 1.40. The summed E-state index contributed by atoms with van der Waals surface area (Å²) in [6, 6.07) is 6.84. The summed E-state index contributed by atoms with van der Waals surface area (Å²) in [6.45, 7) is -0.539. The van der Waals surface area contributed by atoms with Gasteiger partial charge in [-0.05, 0) is 5.56 Å². The zero-order valence-electron chi connectivity index (χ0n) is 5.87. The summed E-state index contributed by atoms with van der Waals surface area (Å²) in [5.74, 6) is 0. The van der Waals surface area contributed by atoms with Crippen molar-refractivity contribution in [3.8, 4) is 0 Å². The highest BCUT2D eigenvalue weighted by Crippen LogP contribution is 2.06. The molecule has 0 bridgehead atoms. The molecule has 1 N–H and O–H groups in total. The van der Waals surface area contributed by atoms with Gasteiger partial charge in [-0.15, -0.1) is 0 Å². The van der Waals surface area contributed by atoms with Gasteiger partial charge >= 0.3 is 0 Å². The molecule has 0 saturated heterocycles. The molecule has 1 rings (SSSR count). The first-order valence-electron chi connectivity index (χ1n) is 3.20. The van der Waals surface area contributed by atoms with Crippen LogP contribution < -0.4 is 0 Å². The molecular formula is C8H8FNO. The molecule has 0 heterocycles. The SMILES string of the molecule is O/N=C/c1ccccc1CF. The van der Waals surface area contributed by atoms with Gasteiger partial charge in [0.2, 0.25) is 0 Å². The zero-order chi connectivity index (χ0) is 8.10. The van der Waals surface area contributed by atoms with E-state index in [1.165, 1.54) is 6.21 Å². The minimum atomic E-state index is -0.539. The standard InChI is InChI=1S/C8H8FNO/c9-5-7-3-1-2-4-8(7)6-10-11/h1-4,6,11H,5H2/b10-6+. The Balaban J connectivity index is 3.02. The van der Waals surface area contributed by atoms with Gasteiger partial charge in [-0.25, -0.2) is 4.39 Å². The zero-order valence-corrected chi connectivity index (χ0v) is 5.87. The lowest BCUT2D eigenvalue weighted by Gasteiger charge is -1.97. The van der Waals surface area contributed by atoms with Crippen molar-refractivity contribution in [2.45, 2.75) is 6.67 Å². The molecule has 0 radical (unpaired) electrons. The molecule has 1 aromatic rings. The molecule has 1 aromatic carbocycles. The van der Waals surface area contributed by atoms with E-state index in [-0.39, 0.29) is 0 Å². The fraction of sp³-hybridized carbons (Fsp3) is 0.125. The number of nitrogens with zero attached hydrogens (tertiary/aromatic N) is 1. The molecule has 0 saturated carbocycles. The highest BCUT2D eigenvalue weighted by Gasteiger charge is 1.96. The Morgan fingerprint density at radius 2 is 2.18 bits per heavy atom. The minimum absolute atomic E-state index is 0.533. The van der Waals surface area contributed by atoms with Crippen LogP contribution in [0.5, 0.6) is 0 Å². The molecule has 0 unspecified atom stereocenters. The molecule has 0 spiro atoms. The number of oxime groups is 1. The molecular weight excluding hydrogens is 145 g/mol. The number of benzene rings is 1. The molecule has 0 aliphatic carbocycles. The van der Waals surface area contributed by atoms with Crippen LogP contribution in [0, 0.1) is 0 Å². The van der Waals surface area contributed by atoms with Crippen molar-refractivity contribution >= 4 is 6.21 Å². The second-order valence-electron chi connectivity index (χ2n) is 2.08. The van der Waals surface area contributed by atoms with Crippen LogP contribution >= 0.6 is 0 Å². The molecule has 0 aromatic heterocycles. The largest absolute Gasteiger partial charge is 0.411 e. The van der Waals surface area contributed by atoms with Crippen LogP contribution in [-0.4, -0.2) is 11.4 Å². The Hall–Kier alpha value is -1.38. The Morgan fingerprint density at radius 1 is 1.45 bits per heavy atom. The number of hydrogen-bond acceptors (Lipinski definition) is 2. The summed E-state index contributed by atoms with van der Waals surface area (Å²) >= 11 is 0. The maximum Gasteiger partial charge on any atom is 0.115 e. The van der Waals surface area contributed by atoms with Crippen molar-refractivity contribution in [3.05, 3.63) is 35.4 Å². The molecule has 58 valence electrons. The molecule has 0 aliphatic rings. The molecule has 11 heavy (non-hydrogen) atoms. The van der Waals surface area contributed by atoms with E-state index in [4.69, 9.17) is 5.21 Å². The summed E-state index contributed by atoms with van der Waals surface area (Å²) in [7, 11) is 0. The lowest BCUT2D eigenvalue weighted by molar-refractivity contribution is 0.321. The summed E-state index contributed by atoms with van der Waals surface area (Å²) in [4.78, 5) is 0. The predicted octanol–water partition coefficient (Wildman–Crippen LogP) is 1.96. The van der Waals surface area contributed by atoms with Gasteiger partial charge in [0.05, 0.1) is 6.21 Å². The summed E-state index contributed by atoms with van der Waals surface area (Å²) in [6.07, 6.45) is 1.22. The number of alkyl halides is 1. The first-order chi connectivity index (χ1) is 5.38. The fourth-order valence-electron chi connectivity index (χ4n) is 0.844. The first kappa shape index (κ1) is 7.72. The van der Waals surface area contributed by atoms with Crippen LogP contribution in [0.15, 0.2) is 29.4 Å². The van der Waals surface area contributed by atoms with E-state index >= 15 is 0 Å². The Labute approximate surface area is 64.0 Å². The Kier molecular flexibility index (Phi) is 2.60. The van der Waals surface area contributed by atoms with Gasteiger partial charge in [0.15, 0.2) is 0 Å². The topological polar surface area (TPSA) is 32.6 Å². The molecule has 3 heteroatoms. The third-order valence-corrected chi connectivity index (χ3v) is 1.40. The van der Waals surface area contributed by atoms with Crippen LogP contribution in [0.3, 0.4) is 0 Å². The van der Waals surface area contributed by atoms with Gasteiger partial charge in [0.25, 0.3) is 0 Å². The van der Waals surface area contributed by atoms with Gasteiger partial charge in [-0.1, -0.05) is 29.4 Å². The molecule has 0 amide bonds. The normalized spacial score (nSPS) is 10.6. The Bertz CT molecular complexity index is 260. The minimum Gasteiger partial charge on any atom is -0.411 e. The monoisotopic (exact) mass is 153 g/mol. The number of rotatable bonds is 2. The number of hydrogen-bond donors (Lipinski definition) is 1. The first-order valence-corrected chi connectivity index (χ1v) is 3.20. The van der Waals surface area contributed by atoms with Crippen molar-refractivity contribution in [1.82, 2.24) is 0 Å². The Morgan fingerprint density at radius 3 is 2.82 bits per heavy atom. The lowest BCUT2D eigenvalue weighted by Crippen LogP contribution is -1.88. The maximum atomic E-state index is 12.2. The van der Waals surface area contributed by atoms with Gasteiger partial charge in [0.1, 0.15) is 6.67 Å². The summed E-state index contributed by atoms with van der Waals surface area (Å²) < 4.78 is 12.2. The lowest BCUT2D eigenvalue weighted by atomic mass is 10.1. The quantitative estimate of drug-likeness (QED) is 0.393. The molecule has 0 aliphatic heterocycles. The highest BCUT2D eigenvalue weighted by atomic mass is 19.1. The summed E-state index contributed by atoms with van der Waals surface area (Å²) in [5.41, 5.74) is 1.14. The fourth-order valence-corrected chi connectivity index (χ4v) is 0.844. The van der Waals surface area contributed by atoms with Crippen LogP contribution in [0.25, 0.3) is 0 Å². The second-order valence-corrected chi connectivity index (χ2v) is 2.08. The van der Waals surface area contributed by atoms with E-state index in [2.05, 4.69) is 5.16 Å². The van der Waals surface area contributed by atoms with E-state index in [9.17, 15) is 4.39 Å². The average molecular weight is 153 g/mol.